The number of rotatable bonds is 4. The van der Waals surface area contributed by atoms with Crippen LogP contribution >= 0.6 is 11.6 Å². The van der Waals surface area contributed by atoms with Crippen LogP contribution in [0.3, 0.4) is 0 Å². The van der Waals surface area contributed by atoms with Gasteiger partial charge in [-0.05, 0) is 24.3 Å². The standard InChI is InChI=1S/C11H11ClFN3O/c1-17-7-11-15-14-10(6-12)16(11)9-4-2-8(13)3-5-9/h2-5H,6-7H2,1H3. The van der Waals surface area contributed by atoms with E-state index in [9.17, 15) is 4.39 Å². The fourth-order valence-electron chi connectivity index (χ4n) is 1.55. The number of ether oxygens (including phenoxy) is 1. The number of nitrogens with zero attached hydrogens (tertiary/aromatic N) is 3. The molecule has 90 valence electrons. The van der Waals surface area contributed by atoms with E-state index in [-0.39, 0.29) is 11.7 Å². The molecule has 0 amide bonds. The molecule has 0 aliphatic rings. The molecule has 1 aromatic carbocycles. The summed E-state index contributed by atoms with van der Waals surface area (Å²) < 4.78 is 19.7. The number of halogens is 2. The second kappa shape index (κ2) is 5.25. The molecule has 0 aliphatic carbocycles. The van der Waals surface area contributed by atoms with Crippen molar-refractivity contribution >= 4 is 11.6 Å². The molecule has 4 nitrogen and oxygen atoms in total. The second-order valence-electron chi connectivity index (χ2n) is 3.41. The maximum absolute atomic E-state index is 12.9. The van der Waals surface area contributed by atoms with Gasteiger partial charge >= 0.3 is 0 Å². The zero-order valence-corrected chi connectivity index (χ0v) is 9.99. The lowest BCUT2D eigenvalue weighted by atomic mass is 10.3. The first-order valence-electron chi connectivity index (χ1n) is 5.00. The van der Waals surface area contributed by atoms with Gasteiger partial charge < -0.3 is 4.74 Å². The highest BCUT2D eigenvalue weighted by Gasteiger charge is 2.12. The minimum absolute atomic E-state index is 0.230. The fraction of sp³-hybridized carbons (Fsp3) is 0.273. The summed E-state index contributed by atoms with van der Waals surface area (Å²) in [7, 11) is 1.57. The van der Waals surface area contributed by atoms with E-state index >= 15 is 0 Å². The van der Waals surface area contributed by atoms with Crippen LogP contribution in [0.5, 0.6) is 0 Å². The Morgan fingerprint density at radius 3 is 2.47 bits per heavy atom. The van der Waals surface area contributed by atoms with Gasteiger partial charge in [-0.3, -0.25) is 4.57 Å². The SMILES string of the molecule is COCc1nnc(CCl)n1-c1ccc(F)cc1. The Labute approximate surface area is 103 Å². The number of benzene rings is 1. The van der Waals surface area contributed by atoms with Gasteiger partial charge in [0, 0.05) is 12.8 Å². The van der Waals surface area contributed by atoms with Gasteiger partial charge in [0.1, 0.15) is 12.4 Å². The van der Waals surface area contributed by atoms with Crippen LogP contribution in [0, 0.1) is 5.82 Å². The molecular weight excluding hydrogens is 245 g/mol. The Balaban J connectivity index is 2.47. The van der Waals surface area contributed by atoms with E-state index in [1.807, 2.05) is 0 Å². The van der Waals surface area contributed by atoms with Crippen LogP contribution in [0.2, 0.25) is 0 Å². The molecule has 0 unspecified atom stereocenters. The van der Waals surface area contributed by atoms with Crippen molar-refractivity contribution in [3.8, 4) is 5.69 Å². The van der Waals surface area contributed by atoms with E-state index in [2.05, 4.69) is 10.2 Å². The van der Waals surface area contributed by atoms with Crippen LogP contribution in [0.15, 0.2) is 24.3 Å². The third-order valence-corrected chi connectivity index (χ3v) is 2.51. The molecule has 0 radical (unpaired) electrons. The third kappa shape index (κ3) is 2.45. The summed E-state index contributed by atoms with van der Waals surface area (Å²) in [6.45, 7) is 0.321. The van der Waals surface area contributed by atoms with Crippen LogP contribution in [0.25, 0.3) is 5.69 Å². The molecule has 0 saturated heterocycles. The van der Waals surface area contributed by atoms with E-state index < -0.39 is 0 Å². The fourth-order valence-corrected chi connectivity index (χ4v) is 1.72. The van der Waals surface area contributed by atoms with Gasteiger partial charge in [0.15, 0.2) is 11.6 Å². The minimum Gasteiger partial charge on any atom is -0.377 e. The van der Waals surface area contributed by atoms with E-state index in [4.69, 9.17) is 16.3 Å². The number of alkyl halides is 1. The van der Waals surface area contributed by atoms with Gasteiger partial charge in [-0.1, -0.05) is 0 Å². The minimum atomic E-state index is -0.289. The summed E-state index contributed by atoms with van der Waals surface area (Å²) in [5, 5.41) is 7.94. The lowest BCUT2D eigenvalue weighted by Crippen LogP contribution is -2.05. The molecule has 1 aromatic heterocycles. The molecular formula is C11H11ClFN3O. The summed E-state index contributed by atoms with van der Waals surface area (Å²) in [6.07, 6.45) is 0. The lowest BCUT2D eigenvalue weighted by Gasteiger charge is -2.08. The number of aromatic nitrogens is 3. The Morgan fingerprint density at radius 2 is 1.88 bits per heavy atom. The summed E-state index contributed by atoms with van der Waals surface area (Å²) in [5.74, 6) is 1.18. The molecule has 2 aromatic rings. The predicted octanol–water partition coefficient (Wildman–Crippen LogP) is 2.29. The summed E-state index contributed by atoms with van der Waals surface area (Å²) in [4.78, 5) is 0. The molecule has 6 heteroatoms. The Kier molecular flexibility index (Phi) is 3.71. The van der Waals surface area contributed by atoms with Crippen LogP contribution in [-0.2, 0) is 17.2 Å². The largest absolute Gasteiger partial charge is 0.377 e. The predicted molar refractivity (Wildman–Crippen MR) is 61.6 cm³/mol. The van der Waals surface area contributed by atoms with Crippen LogP contribution in [0.4, 0.5) is 4.39 Å². The summed E-state index contributed by atoms with van der Waals surface area (Å²) in [5.41, 5.74) is 0.763. The van der Waals surface area contributed by atoms with Crippen molar-refractivity contribution in [3.63, 3.8) is 0 Å². The van der Waals surface area contributed by atoms with Crippen molar-refractivity contribution in [1.29, 1.82) is 0 Å². The number of hydrogen-bond acceptors (Lipinski definition) is 3. The average Bonchev–Trinajstić information content (AvgIpc) is 2.74. The van der Waals surface area contributed by atoms with Crippen molar-refractivity contribution in [3.05, 3.63) is 41.7 Å². The van der Waals surface area contributed by atoms with Crippen molar-refractivity contribution in [2.45, 2.75) is 12.5 Å². The Bertz CT molecular complexity index is 498. The zero-order chi connectivity index (χ0) is 12.3. The smallest absolute Gasteiger partial charge is 0.163 e. The normalized spacial score (nSPS) is 10.8. The molecule has 1 heterocycles. The first-order valence-corrected chi connectivity index (χ1v) is 5.53. The first kappa shape index (κ1) is 12.0. The van der Waals surface area contributed by atoms with Gasteiger partial charge in [0.05, 0.1) is 5.88 Å². The summed E-state index contributed by atoms with van der Waals surface area (Å²) in [6, 6.07) is 6.05. The molecule has 0 spiro atoms. The maximum atomic E-state index is 12.9. The number of hydrogen-bond donors (Lipinski definition) is 0. The van der Waals surface area contributed by atoms with E-state index in [1.165, 1.54) is 12.1 Å². The summed E-state index contributed by atoms with van der Waals surface area (Å²) >= 11 is 5.79. The monoisotopic (exact) mass is 255 g/mol. The Hall–Kier alpha value is -1.46. The topological polar surface area (TPSA) is 39.9 Å². The van der Waals surface area contributed by atoms with Crippen LogP contribution < -0.4 is 0 Å². The third-order valence-electron chi connectivity index (χ3n) is 2.27. The average molecular weight is 256 g/mol. The van der Waals surface area contributed by atoms with Crippen molar-refractivity contribution in [1.82, 2.24) is 14.8 Å². The number of methoxy groups -OCH3 is 1. The molecule has 0 bridgehead atoms. The van der Waals surface area contributed by atoms with Gasteiger partial charge in [0.25, 0.3) is 0 Å². The molecule has 0 aliphatic heterocycles. The zero-order valence-electron chi connectivity index (χ0n) is 9.23. The molecule has 0 atom stereocenters. The van der Waals surface area contributed by atoms with E-state index in [0.717, 1.165) is 5.69 Å². The molecule has 17 heavy (non-hydrogen) atoms. The van der Waals surface area contributed by atoms with Gasteiger partial charge in [-0.25, -0.2) is 4.39 Å². The lowest BCUT2D eigenvalue weighted by molar-refractivity contribution is 0.176. The van der Waals surface area contributed by atoms with E-state index in [0.29, 0.717) is 18.3 Å². The van der Waals surface area contributed by atoms with Crippen molar-refractivity contribution < 1.29 is 9.13 Å². The maximum Gasteiger partial charge on any atom is 0.163 e. The van der Waals surface area contributed by atoms with Crippen LogP contribution in [0.1, 0.15) is 11.6 Å². The first-order chi connectivity index (χ1) is 8.26. The van der Waals surface area contributed by atoms with Gasteiger partial charge in [-0.15, -0.1) is 21.8 Å². The molecule has 2 rings (SSSR count). The van der Waals surface area contributed by atoms with E-state index in [1.54, 1.807) is 23.8 Å². The Morgan fingerprint density at radius 1 is 1.24 bits per heavy atom. The van der Waals surface area contributed by atoms with Crippen LogP contribution in [-0.4, -0.2) is 21.9 Å². The highest BCUT2D eigenvalue weighted by molar-refractivity contribution is 6.16. The molecule has 0 N–H and O–H groups in total. The molecule has 0 saturated carbocycles. The molecule has 0 fully saturated rings. The highest BCUT2D eigenvalue weighted by atomic mass is 35.5. The quantitative estimate of drug-likeness (QED) is 0.787. The van der Waals surface area contributed by atoms with Gasteiger partial charge in [0.2, 0.25) is 0 Å². The van der Waals surface area contributed by atoms with Crippen molar-refractivity contribution in [2.75, 3.05) is 7.11 Å². The second-order valence-corrected chi connectivity index (χ2v) is 3.68. The van der Waals surface area contributed by atoms with Crippen molar-refractivity contribution in [2.24, 2.45) is 0 Å². The highest BCUT2D eigenvalue weighted by Crippen LogP contribution is 2.15. The van der Waals surface area contributed by atoms with Gasteiger partial charge in [-0.2, -0.15) is 0 Å².